The first-order valence-corrected chi connectivity index (χ1v) is 6.32. The molecule has 0 amide bonds. The van der Waals surface area contributed by atoms with Gasteiger partial charge in [0.2, 0.25) is 5.88 Å². The van der Waals surface area contributed by atoms with Crippen LogP contribution in [0.3, 0.4) is 0 Å². The number of rotatable bonds is 7. The summed E-state index contributed by atoms with van der Waals surface area (Å²) in [6.07, 6.45) is 1.73. The van der Waals surface area contributed by atoms with Gasteiger partial charge in [-0.2, -0.15) is 0 Å². The third kappa shape index (κ3) is 4.05. The fourth-order valence-electron chi connectivity index (χ4n) is 1.64. The lowest BCUT2D eigenvalue weighted by Crippen LogP contribution is -2.11. The molecule has 5 nitrogen and oxygen atoms in total. The van der Waals surface area contributed by atoms with Gasteiger partial charge in [0.05, 0.1) is 26.1 Å². The van der Waals surface area contributed by atoms with Crippen molar-refractivity contribution >= 4 is 5.69 Å². The van der Waals surface area contributed by atoms with E-state index in [2.05, 4.69) is 10.3 Å². The average molecular weight is 274 g/mol. The SMILES string of the molecule is COc1ccc(OCCNc2ccc(OC)nc2)cc1. The number of hydrogen-bond donors (Lipinski definition) is 1. The highest BCUT2D eigenvalue weighted by molar-refractivity contribution is 5.41. The molecule has 0 atom stereocenters. The Morgan fingerprint density at radius 1 is 0.950 bits per heavy atom. The lowest BCUT2D eigenvalue weighted by Gasteiger charge is -2.09. The van der Waals surface area contributed by atoms with E-state index in [4.69, 9.17) is 14.2 Å². The number of pyridine rings is 1. The van der Waals surface area contributed by atoms with Gasteiger partial charge in [-0.25, -0.2) is 4.98 Å². The fraction of sp³-hybridized carbons (Fsp3) is 0.267. The number of methoxy groups -OCH3 is 2. The van der Waals surface area contributed by atoms with Crippen LogP contribution in [0.2, 0.25) is 0 Å². The van der Waals surface area contributed by atoms with Crippen LogP contribution < -0.4 is 19.5 Å². The molecule has 106 valence electrons. The molecule has 0 unspecified atom stereocenters. The van der Waals surface area contributed by atoms with Crippen LogP contribution in [-0.4, -0.2) is 32.4 Å². The Hall–Kier alpha value is -2.43. The highest BCUT2D eigenvalue weighted by Gasteiger charge is 1.97. The summed E-state index contributed by atoms with van der Waals surface area (Å²) in [5.74, 6) is 2.24. The number of anilines is 1. The highest BCUT2D eigenvalue weighted by atomic mass is 16.5. The third-order valence-corrected chi connectivity index (χ3v) is 2.70. The maximum Gasteiger partial charge on any atom is 0.213 e. The first kappa shape index (κ1) is 14.0. The maximum atomic E-state index is 5.61. The number of nitrogens with zero attached hydrogens (tertiary/aromatic N) is 1. The Morgan fingerprint density at radius 2 is 1.70 bits per heavy atom. The van der Waals surface area contributed by atoms with Crippen LogP contribution in [0.15, 0.2) is 42.6 Å². The Morgan fingerprint density at radius 3 is 2.30 bits per heavy atom. The van der Waals surface area contributed by atoms with Gasteiger partial charge in [0.1, 0.15) is 18.1 Å². The van der Waals surface area contributed by atoms with E-state index >= 15 is 0 Å². The molecule has 20 heavy (non-hydrogen) atoms. The molecular formula is C15H18N2O3. The minimum absolute atomic E-state index is 0.568. The van der Waals surface area contributed by atoms with Crippen LogP contribution >= 0.6 is 0 Å². The standard InChI is InChI=1S/C15H18N2O3/c1-18-13-4-6-14(7-5-13)20-10-9-16-12-3-8-15(19-2)17-11-12/h3-8,11,16H,9-10H2,1-2H3. The summed E-state index contributed by atoms with van der Waals surface area (Å²) >= 11 is 0. The van der Waals surface area contributed by atoms with Gasteiger partial charge in [-0.1, -0.05) is 0 Å². The summed E-state index contributed by atoms with van der Waals surface area (Å²) in [5, 5.41) is 3.22. The molecule has 2 aromatic rings. The minimum atomic E-state index is 0.568. The fourth-order valence-corrected chi connectivity index (χ4v) is 1.64. The minimum Gasteiger partial charge on any atom is -0.497 e. The molecule has 1 aromatic carbocycles. The quantitative estimate of drug-likeness (QED) is 0.786. The molecule has 0 aliphatic carbocycles. The Labute approximate surface area is 118 Å². The first-order valence-electron chi connectivity index (χ1n) is 6.32. The van der Waals surface area contributed by atoms with E-state index in [-0.39, 0.29) is 0 Å². The first-order chi connectivity index (χ1) is 9.81. The Bertz CT molecular complexity index is 462. The zero-order valence-corrected chi connectivity index (χ0v) is 11.6. The molecule has 2 rings (SSSR count). The Balaban J connectivity index is 1.72. The van der Waals surface area contributed by atoms with Gasteiger partial charge < -0.3 is 19.5 Å². The second-order valence-electron chi connectivity index (χ2n) is 4.04. The second-order valence-corrected chi connectivity index (χ2v) is 4.04. The van der Waals surface area contributed by atoms with Crippen LogP contribution in [0, 0.1) is 0 Å². The van der Waals surface area contributed by atoms with Crippen molar-refractivity contribution in [1.29, 1.82) is 0 Å². The number of nitrogens with one attached hydrogen (secondary N) is 1. The number of benzene rings is 1. The van der Waals surface area contributed by atoms with Gasteiger partial charge in [0.15, 0.2) is 0 Å². The lowest BCUT2D eigenvalue weighted by molar-refractivity contribution is 0.331. The molecular weight excluding hydrogens is 256 g/mol. The smallest absolute Gasteiger partial charge is 0.213 e. The van der Waals surface area contributed by atoms with Gasteiger partial charge in [0.25, 0.3) is 0 Å². The molecule has 0 aliphatic rings. The average Bonchev–Trinajstić information content (AvgIpc) is 2.53. The molecule has 1 N–H and O–H groups in total. The summed E-state index contributed by atoms with van der Waals surface area (Å²) in [5.41, 5.74) is 0.934. The summed E-state index contributed by atoms with van der Waals surface area (Å²) in [7, 11) is 3.24. The molecule has 1 aromatic heterocycles. The summed E-state index contributed by atoms with van der Waals surface area (Å²) in [4.78, 5) is 4.11. The van der Waals surface area contributed by atoms with E-state index in [0.717, 1.165) is 17.2 Å². The van der Waals surface area contributed by atoms with Crippen molar-refractivity contribution in [2.75, 3.05) is 32.7 Å². The third-order valence-electron chi connectivity index (χ3n) is 2.70. The monoisotopic (exact) mass is 274 g/mol. The van der Waals surface area contributed by atoms with Crippen molar-refractivity contribution in [3.05, 3.63) is 42.6 Å². The predicted molar refractivity (Wildman–Crippen MR) is 77.8 cm³/mol. The van der Waals surface area contributed by atoms with Crippen LogP contribution in [0.25, 0.3) is 0 Å². The van der Waals surface area contributed by atoms with E-state index in [1.807, 2.05) is 36.4 Å². The van der Waals surface area contributed by atoms with E-state index in [9.17, 15) is 0 Å². The summed E-state index contributed by atoms with van der Waals surface area (Å²) in [6, 6.07) is 11.2. The van der Waals surface area contributed by atoms with Crippen LogP contribution in [-0.2, 0) is 0 Å². The molecule has 0 saturated heterocycles. The van der Waals surface area contributed by atoms with Crippen LogP contribution in [0.4, 0.5) is 5.69 Å². The van der Waals surface area contributed by atoms with Crippen LogP contribution in [0.1, 0.15) is 0 Å². The Kier molecular flexibility index (Phi) is 5.06. The maximum absolute atomic E-state index is 5.61. The molecule has 0 aliphatic heterocycles. The lowest BCUT2D eigenvalue weighted by atomic mass is 10.3. The normalized spacial score (nSPS) is 9.90. The second kappa shape index (κ2) is 7.23. The van der Waals surface area contributed by atoms with Gasteiger partial charge in [-0.3, -0.25) is 0 Å². The van der Waals surface area contributed by atoms with Gasteiger partial charge in [-0.15, -0.1) is 0 Å². The number of hydrogen-bond acceptors (Lipinski definition) is 5. The number of aromatic nitrogens is 1. The molecule has 0 fully saturated rings. The van der Waals surface area contributed by atoms with Crippen molar-refractivity contribution in [3.8, 4) is 17.4 Å². The molecule has 5 heteroatoms. The molecule has 0 radical (unpaired) electrons. The number of ether oxygens (including phenoxy) is 3. The van der Waals surface area contributed by atoms with Crippen molar-refractivity contribution in [3.63, 3.8) is 0 Å². The van der Waals surface area contributed by atoms with Crippen molar-refractivity contribution in [2.45, 2.75) is 0 Å². The predicted octanol–water partition coefficient (Wildman–Crippen LogP) is 2.59. The molecule has 1 heterocycles. The van der Waals surface area contributed by atoms with E-state index in [1.54, 1.807) is 20.4 Å². The van der Waals surface area contributed by atoms with Gasteiger partial charge in [0, 0.05) is 12.6 Å². The largest absolute Gasteiger partial charge is 0.497 e. The van der Waals surface area contributed by atoms with Crippen LogP contribution in [0.5, 0.6) is 17.4 Å². The van der Waals surface area contributed by atoms with E-state index in [0.29, 0.717) is 19.0 Å². The van der Waals surface area contributed by atoms with Gasteiger partial charge >= 0.3 is 0 Å². The topological polar surface area (TPSA) is 52.6 Å². The molecule has 0 saturated carbocycles. The van der Waals surface area contributed by atoms with Crippen molar-refractivity contribution < 1.29 is 14.2 Å². The summed E-state index contributed by atoms with van der Waals surface area (Å²) < 4.78 is 15.7. The van der Waals surface area contributed by atoms with E-state index < -0.39 is 0 Å². The highest BCUT2D eigenvalue weighted by Crippen LogP contribution is 2.17. The van der Waals surface area contributed by atoms with Crippen molar-refractivity contribution in [2.24, 2.45) is 0 Å². The van der Waals surface area contributed by atoms with Crippen molar-refractivity contribution in [1.82, 2.24) is 4.98 Å². The molecule has 0 spiro atoms. The molecule has 0 bridgehead atoms. The van der Waals surface area contributed by atoms with E-state index in [1.165, 1.54) is 0 Å². The summed E-state index contributed by atoms with van der Waals surface area (Å²) in [6.45, 7) is 1.26. The van der Waals surface area contributed by atoms with Gasteiger partial charge in [-0.05, 0) is 30.3 Å². The zero-order chi connectivity index (χ0) is 14.2. The zero-order valence-electron chi connectivity index (χ0n) is 11.6.